The van der Waals surface area contributed by atoms with Gasteiger partial charge in [-0.2, -0.15) is 0 Å². The molecule has 1 heterocycles. The average molecular weight is 318 g/mol. The minimum Gasteiger partial charge on any atom is -0.351 e. The predicted molar refractivity (Wildman–Crippen MR) is 90.6 cm³/mol. The van der Waals surface area contributed by atoms with Gasteiger partial charge in [0.2, 0.25) is 5.76 Å². The van der Waals surface area contributed by atoms with E-state index in [9.17, 15) is 4.79 Å². The predicted octanol–water partition coefficient (Wildman–Crippen LogP) is 3.68. The van der Waals surface area contributed by atoms with Crippen molar-refractivity contribution in [1.82, 2.24) is 10.5 Å². The van der Waals surface area contributed by atoms with Crippen LogP contribution in [0.2, 0.25) is 0 Å². The molecule has 1 fully saturated rings. The molecule has 0 radical (unpaired) electrons. The van der Waals surface area contributed by atoms with Crippen molar-refractivity contribution in [1.29, 1.82) is 0 Å². The van der Waals surface area contributed by atoms with Crippen LogP contribution in [0.5, 0.6) is 0 Å². The first kappa shape index (κ1) is 14.7. The van der Waals surface area contributed by atoms with Crippen LogP contribution in [0.1, 0.15) is 40.2 Å². The number of aromatic nitrogens is 1. The second-order valence-electron chi connectivity index (χ2n) is 6.25. The summed E-state index contributed by atoms with van der Waals surface area (Å²) < 4.78 is 5.25. The van der Waals surface area contributed by atoms with Crippen molar-refractivity contribution in [3.8, 4) is 0 Å². The van der Waals surface area contributed by atoms with E-state index in [2.05, 4.69) is 22.6 Å². The maximum Gasteiger partial charge on any atom is 0.290 e. The highest BCUT2D eigenvalue weighted by atomic mass is 16.5. The number of amides is 1. The fourth-order valence-electron chi connectivity index (χ4n) is 2.95. The quantitative estimate of drug-likeness (QED) is 0.780. The second-order valence-corrected chi connectivity index (χ2v) is 6.25. The number of benzene rings is 2. The van der Waals surface area contributed by atoms with Crippen molar-refractivity contribution >= 4 is 5.91 Å². The van der Waals surface area contributed by atoms with Crippen molar-refractivity contribution in [3.63, 3.8) is 0 Å². The Balaban J connectivity index is 1.46. The van der Waals surface area contributed by atoms with Crippen LogP contribution in [0.4, 0.5) is 0 Å². The molecule has 1 amide bonds. The Labute approximate surface area is 140 Å². The molecule has 1 aliphatic carbocycles. The number of hydrogen-bond acceptors (Lipinski definition) is 3. The maximum absolute atomic E-state index is 12.5. The van der Waals surface area contributed by atoms with Gasteiger partial charge in [-0.3, -0.25) is 4.79 Å². The Bertz CT molecular complexity index is 836. The molecule has 1 aromatic heterocycles. The third-order valence-corrected chi connectivity index (χ3v) is 4.44. The number of nitrogens with one attached hydrogen (secondary N) is 1. The molecule has 3 aromatic rings. The van der Waals surface area contributed by atoms with Gasteiger partial charge in [0.1, 0.15) is 0 Å². The Hall–Kier alpha value is -2.88. The highest BCUT2D eigenvalue weighted by molar-refractivity contribution is 5.92. The van der Waals surface area contributed by atoms with Gasteiger partial charge in [0.25, 0.3) is 5.91 Å². The lowest BCUT2D eigenvalue weighted by molar-refractivity contribution is 0.0893. The van der Waals surface area contributed by atoms with Gasteiger partial charge < -0.3 is 9.84 Å². The zero-order valence-electron chi connectivity index (χ0n) is 13.2. The van der Waals surface area contributed by atoms with Gasteiger partial charge in [0.15, 0.2) is 0 Å². The van der Waals surface area contributed by atoms with Crippen LogP contribution in [0.3, 0.4) is 0 Å². The van der Waals surface area contributed by atoms with E-state index >= 15 is 0 Å². The van der Waals surface area contributed by atoms with Crippen LogP contribution in [0, 0.1) is 0 Å². The van der Waals surface area contributed by atoms with E-state index < -0.39 is 0 Å². The van der Waals surface area contributed by atoms with E-state index in [-0.39, 0.29) is 17.2 Å². The molecule has 0 spiro atoms. The van der Waals surface area contributed by atoms with E-state index in [0.29, 0.717) is 6.42 Å². The minimum absolute atomic E-state index is 0.205. The van der Waals surface area contributed by atoms with Crippen molar-refractivity contribution in [2.45, 2.75) is 24.8 Å². The zero-order chi connectivity index (χ0) is 16.4. The summed E-state index contributed by atoms with van der Waals surface area (Å²) in [6.45, 7) is 0. The molecule has 120 valence electrons. The van der Waals surface area contributed by atoms with Crippen molar-refractivity contribution in [3.05, 3.63) is 89.3 Å². The summed E-state index contributed by atoms with van der Waals surface area (Å²) in [5.41, 5.74) is 2.80. The smallest absolute Gasteiger partial charge is 0.290 e. The molecule has 2 aromatic carbocycles. The van der Waals surface area contributed by atoms with Gasteiger partial charge in [0, 0.05) is 12.5 Å². The average Bonchev–Trinajstić information content (AvgIpc) is 3.26. The summed E-state index contributed by atoms with van der Waals surface area (Å²) in [6, 6.07) is 21.8. The van der Waals surface area contributed by atoms with Gasteiger partial charge in [-0.15, -0.1) is 0 Å². The first-order valence-electron chi connectivity index (χ1n) is 8.13. The summed E-state index contributed by atoms with van der Waals surface area (Å²) in [5, 5.41) is 7.12. The zero-order valence-corrected chi connectivity index (χ0v) is 13.2. The molecule has 4 rings (SSSR count). The first-order chi connectivity index (χ1) is 11.8. The maximum atomic E-state index is 12.5. The summed E-state index contributed by atoms with van der Waals surface area (Å²) in [5.74, 6) is 0.0614. The molecule has 24 heavy (non-hydrogen) atoms. The Kier molecular flexibility index (Phi) is 3.65. The standard InChI is InChI=1S/C20H18N2O2/c23-19(21-20(11-12-20)16-9-5-2-6-10-16)18-14-17(22-24-18)13-15-7-3-1-4-8-15/h1-10,14H,11-13H2,(H,21,23). The fourth-order valence-corrected chi connectivity index (χ4v) is 2.95. The van der Waals surface area contributed by atoms with E-state index in [1.807, 2.05) is 48.5 Å². The summed E-state index contributed by atoms with van der Waals surface area (Å²) in [6.07, 6.45) is 2.56. The minimum atomic E-state index is -0.245. The van der Waals surface area contributed by atoms with Crippen LogP contribution >= 0.6 is 0 Å². The van der Waals surface area contributed by atoms with Gasteiger partial charge in [-0.25, -0.2) is 0 Å². The topological polar surface area (TPSA) is 55.1 Å². The van der Waals surface area contributed by atoms with Gasteiger partial charge in [-0.1, -0.05) is 65.8 Å². The molecule has 0 saturated heterocycles. The SMILES string of the molecule is O=C(NC1(c2ccccc2)CC1)c1cc(Cc2ccccc2)no1. The fraction of sp³-hybridized carbons (Fsp3) is 0.200. The Morgan fingerprint density at radius 2 is 1.71 bits per heavy atom. The molecule has 4 nitrogen and oxygen atoms in total. The highest BCUT2D eigenvalue weighted by Crippen LogP contribution is 2.45. The number of hydrogen-bond donors (Lipinski definition) is 1. The molecule has 1 saturated carbocycles. The molecule has 0 bridgehead atoms. The van der Waals surface area contributed by atoms with Gasteiger partial charge >= 0.3 is 0 Å². The lowest BCUT2D eigenvalue weighted by atomic mass is 10.0. The summed E-state index contributed by atoms with van der Waals surface area (Å²) >= 11 is 0. The van der Waals surface area contributed by atoms with Crippen LogP contribution in [-0.4, -0.2) is 11.1 Å². The third-order valence-electron chi connectivity index (χ3n) is 4.44. The van der Waals surface area contributed by atoms with E-state index in [4.69, 9.17) is 4.52 Å². The van der Waals surface area contributed by atoms with E-state index in [1.54, 1.807) is 6.07 Å². The molecule has 0 atom stereocenters. The Morgan fingerprint density at radius 3 is 2.38 bits per heavy atom. The van der Waals surface area contributed by atoms with Crippen molar-refractivity contribution in [2.75, 3.05) is 0 Å². The number of nitrogens with zero attached hydrogens (tertiary/aromatic N) is 1. The number of carbonyl (C=O) groups is 1. The molecule has 0 aliphatic heterocycles. The van der Waals surface area contributed by atoms with Crippen LogP contribution in [0.15, 0.2) is 71.3 Å². The largest absolute Gasteiger partial charge is 0.351 e. The van der Waals surface area contributed by atoms with Gasteiger partial charge in [-0.05, 0) is 24.0 Å². The third kappa shape index (κ3) is 2.95. The monoisotopic (exact) mass is 318 g/mol. The van der Waals surface area contributed by atoms with Gasteiger partial charge in [0.05, 0.1) is 11.2 Å². The van der Waals surface area contributed by atoms with Crippen molar-refractivity contribution in [2.24, 2.45) is 0 Å². The van der Waals surface area contributed by atoms with E-state index in [1.165, 1.54) is 0 Å². The van der Waals surface area contributed by atoms with E-state index in [0.717, 1.165) is 29.7 Å². The highest BCUT2D eigenvalue weighted by Gasteiger charge is 2.46. The van der Waals surface area contributed by atoms with Crippen LogP contribution in [0.25, 0.3) is 0 Å². The molecule has 4 heteroatoms. The molecule has 0 unspecified atom stereocenters. The first-order valence-corrected chi connectivity index (χ1v) is 8.13. The molecular weight excluding hydrogens is 300 g/mol. The Morgan fingerprint density at radius 1 is 1.04 bits per heavy atom. The second kappa shape index (κ2) is 5.96. The molecular formula is C20H18N2O2. The van der Waals surface area contributed by atoms with Crippen LogP contribution < -0.4 is 5.32 Å². The van der Waals surface area contributed by atoms with Crippen molar-refractivity contribution < 1.29 is 9.32 Å². The summed E-state index contributed by atoms with van der Waals surface area (Å²) in [4.78, 5) is 12.5. The number of carbonyl (C=O) groups excluding carboxylic acids is 1. The normalized spacial score (nSPS) is 15.0. The lowest BCUT2D eigenvalue weighted by Gasteiger charge is -2.16. The number of rotatable bonds is 5. The lowest BCUT2D eigenvalue weighted by Crippen LogP contribution is -2.34. The summed E-state index contributed by atoms with van der Waals surface area (Å²) in [7, 11) is 0. The molecule has 1 N–H and O–H groups in total. The van der Waals surface area contributed by atoms with Crippen LogP contribution in [-0.2, 0) is 12.0 Å². The molecule has 1 aliphatic rings.